The van der Waals surface area contributed by atoms with Gasteiger partial charge in [0, 0.05) is 10.3 Å². The summed E-state index contributed by atoms with van der Waals surface area (Å²) in [6.45, 7) is 0.969. The molecule has 2 nitrogen and oxygen atoms in total. The highest BCUT2D eigenvalue weighted by molar-refractivity contribution is 7.17. The molecule has 0 aliphatic carbocycles. The quantitative estimate of drug-likeness (QED) is 0.805. The van der Waals surface area contributed by atoms with E-state index in [4.69, 9.17) is 0 Å². The van der Waals surface area contributed by atoms with Crippen LogP contribution in [0.3, 0.4) is 0 Å². The number of Topliss-reactive ketones (excluding diaryl/α,β-unsaturated/α-hetero) is 1. The minimum Gasteiger partial charge on any atom is -0.307 e. The Hall–Kier alpha value is -1.19. The van der Waals surface area contributed by atoms with Crippen molar-refractivity contribution in [3.63, 3.8) is 0 Å². The highest BCUT2D eigenvalue weighted by Gasteiger charge is 2.24. The predicted molar refractivity (Wildman–Crippen MR) is 67.2 cm³/mol. The minimum atomic E-state index is 0.0349. The number of nitrogens with one attached hydrogen (secondary N) is 1. The monoisotopic (exact) mass is 231 g/mol. The van der Waals surface area contributed by atoms with E-state index in [0.29, 0.717) is 0 Å². The molecule has 82 valence electrons. The van der Waals surface area contributed by atoms with E-state index >= 15 is 0 Å². The lowest BCUT2D eigenvalue weighted by Gasteiger charge is -2.09. The molecule has 3 heteroatoms. The van der Waals surface area contributed by atoms with Crippen LogP contribution in [0.4, 0.5) is 0 Å². The number of hydrogen-bond acceptors (Lipinski definition) is 3. The summed E-state index contributed by atoms with van der Waals surface area (Å²) in [4.78, 5) is 12.3. The maximum absolute atomic E-state index is 12.3. The van der Waals surface area contributed by atoms with Crippen LogP contribution >= 0.6 is 11.3 Å². The van der Waals surface area contributed by atoms with E-state index in [9.17, 15) is 4.79 Å². The van der Waals surface area contributed by atoms with Crippen molar-refractivity contribution in [1.29, 1.82) is 0 Å². The Balaban J connectivity index is 2.04. The number of carbonyl (C=O) groups excluding carboxylic acids is 1. The van der Waals surface area contributed by atoms with Crippen molar-refractivity contribution >= 4 is 27.2 Å². The zero-order valence-electron chi connectivity index (χ0n) is 8.90. The molecule has 1 saturated heterocycles. The Morgan fingerprint density at radius 2 is 2.31 bits per heavy atom. The van der Waals surface area contributed by atoms with Crippen molar-refractivity contribution in [2.45, 2.75) is 18.9 Å². The fraction of sp³-hybridized carbons (Fsp3) is 0.308. The van der Waals surface area contributed by atoms with Gasteiger partial charge in [-0.15, -0.1) is 11.3 Å². The summed E-state index contributed by atoms with van der Waals surface area (Å²) in [5.41, 5.74) is 0.881. The highest BCUT2D eigenvalue weighted by atomic mass is 32.1. The molecule has 1 atom stereocenters. The van der Waals surface area contributed by atoms with Crippen LogP contribution in [0.15, 0.2) is 29.6 Å². The summed E-state index contributed by atoms with van der Waals surface area (Å²) in [6, 6.07) is 8.08. The highest BCUT2D eigenvalue weighted by Crippen LogP contribution is 2.26. The summed E-state index contributed by atoms with van der Waals surface area (Å²) in [7, 11) is 0. The van der Waals surface area contributed by atoms with Gasteiger partial charge in [0.1, 0.15) is 0 Å². The number of ketones is 1. The van der Waals surface area contributed by atoms with Gasteiger partial charge < -0.3 is 5.32 Å². The summed E-state index contributed by atoms with van der Waals surface area (Å²) in [6.07, 6.45) is 2.08. The SMILES string of the molecule is O=C(c1cccc2ccsc12)C1CCCN1. The molecule has 1 aromatic carbocycles. The average molecular weight is 231 g/mol. The number of hydrogen-bond donors (Lipinski definition) is 1. The van der Waals surface area contributed by atoms with Gasteiger partial charge in [0.25, 0.3) is 0 Å². The lowest BCUT2D eigenvalue weighted by atomic mass is 10.0. The molecular formula is C13H13NOS. The molecule has 2 heterocycles. The minimum absolute atomic E-state index is 0.0349. The standard InChI is InChI=1S/C13H13NOS/c15-12(11-5-2-7-14-11)10-4-1-3-9-6-8-16-13(9)10/h1,3-4,6,8,11,14H,2,5,7H2. The smallest absolute Gasteiger partial charge is 0.181 e. The summed E-state index contributed by atoms with van der Waals surface area (Å²) >= 11 is 1.65. The van der Waals surface area contributed by atoms with Crippen molar-refractivity contribution in [2.24, 2.45) is 0 Å². The number of fused-ring (bicyclic) bond motifs is 1. The second kappa shape index (κ2) is 4.00. The van der Waals surface area contributed by atoms with Crippen molar-refractivity contribution in [1.82, 2.24) is 5.32 Å². The summed E-state index contributed by atoms with van der Waals surface area (Å²) in [5, 5.41) is 6.49. The normalized spacial score (nSPS) is 20.4. The van der Waals surface area contributed by atoms with E-state index in [1.165, 1.54) is 5.39 Å². The largest absolute Gasteiger partial charge is 0.307 e. The summed E-state index contributed by atoms with van der Waals surface area (Å²) in [5.74, 6) is 0.255. The molecule has 1 unspecified atom stereocenters. The van der Waals surface area contributed by atoms with Crippen molar-refractivity contribution < 1.29 is 4.79 Å². The van der Waals surface area contributed by atoms with Gasteiger partial charge in [0.05, 0.1) is 6.04 Å². The van der Waals surface area contributed by atoms with Crippen LogP contribution in [0, 0.1) is 0 Å². The van der Waals surface area contributed by atoms with E-state index in [-0.39, 0.29) is 11.8 Å². The number of carbonyl (C=O) groups is 1. The zero-order chi connectivity index (χ0) is 11.0. The lowest BCUT2D eigenvalue weighted by molar-refractivity contribution is 0.0954. The van der Waals surface area contributed by atoms with Gasteiger partial charge in [0.2, 0.25) is 0 Å². The van der Waals surface area contributed by atoms with Crippen molar-refractivity contribution in [2.75, 3.05) is 6.54 Å². The first-order chi connectivity index (χ1) is 7.86. The van der Waals surface area contributed by atoms with Gasteiger partial charge in [-0.05, 0) is 42.3 Å². The maximum Gasteiger partial charge on any atom is 0.181 e. The Labute approximate surface area is 98.3 Å². The number of thiophene rings is 1. The third kappa shape index (κ3) is 1.56. The molecule has 3 rings (SSSR count). The van der Waals surface area contributed by atoms with Crippen LogP contribution < -0.4 is 5.32 Å². The van der Waals surface area contributed by atoms with Crippen LogP contribution in [0.5, 0.6) is 0 Å². The Morgan fingerprint density at radius 1 is 1.38 bits per heavy atom. The average Bonchev–Trinajstić information content (AvgIpc) is 2.98. The maximum atomic E-state index is 12.3. The van der Waals surface area contributed by atoms with Crippen LogP contribution in [0.25, 0.3) is 10.1 Å². The number of rotatable bonds is 2. The van der Waals surface area contributed by atoms with Gasteiger partial charge >= 0.3 is 0 Å². The third-order valence-corrected chi connectivity index (χ3v) is 4.08. The fourth-order valence-electron chi connectivity index (χ4n) is 2.28. The van der Waals surface area contributed by atoms with Gasteiger partial charge in [-0.2, -0.15) is 0 Å². The second-order valence-corrected chi connectivity index (χ2v) is 5.07. The number of benzene rings is 1. The van der Waals surface area contributed by atoms with Gasteiger partial charge in [-0.1, -0.05) is 12.1 Å². The lowest BCUT2D eigenvalue weighted by Crippen LogP contribution is -2.30. The molecule has 0 spiro atoms. The first-order valence-electron chi connectivity index (χ1n) is 5.60. The second-order valence-electron chi connectivity index (χ2n) is 4.16. The van der Waals surface area contributed by atoms with E-state index in [1.54, 1.807) is 11.3 Å². The Bertz CT molecular complexity index is 525. The van der Waals surface area contributed by atoms with Crippen LogP contribution in [0.2, 0.25) is 0 Å². The van der Waals surface area contributed by atoms with E-state index in [0.717, 1.165) is 29.6 Å². The molecule has 16 heavy (non-hydrogen) atoms. The Kier molecular flexibility index (Phi) is 2.50. The van der Waals surface area contributed by atoms with E-state index in [1.807, 2.05) is 17.5 Å². The third-order valence-electron chi connectivity index (χ3n) is 3.12. The molecule has 1 aliphatic heterocycles. The molecule has 0 saturated carbocycles. The van der Waals surface area contributed by atoms with Crippen molar-refractivity contribution in [3.8, 4) is 0 Å². The molecule has 1 N–H and O–H groups in total. The molecular weight excluding hydrogens is 218 g/mol. The fourth-order valence-corrected chi connectivity index (χ4v) is 3.20. The van der Waals surface area contributed by atoms with Gasteiger partial charge in [0.15, 0.2) is 5.78 Å². The molecule has 2 aromatic rings. The van der Waals surface area contributed by atoms with Crippen molar-refractivity contribution in [3.05, 3.63) is 35.2 Å². The van der Waals surface area contributed by atoms with Crippen LogP contribution in [-0.2, 0) is 0 Å². The molecule has 0 radical (unpaired) electrons. The van der Waals surface area contributed by atoms with Crippen LogP contribution in [-0.4, -0.2) is 18.4 Å². The van der Waals surface area contributed by atoms with Crippen LogP contribution in [0.1, 0.15) is 23.2 Å². The molecule has 1 aromatic heterocycles. The van der Waals surface area contributed by atoms with E-state index < -0.39 is 0 Å². The predicted octanol–water partition coefficient (Wildman–Crippen LogP) is 2.84. The first-order valence-corrected chi connectivity index (χ1v) is 6.48. The van der Waals surface area contributed by atoms with Gasteiger partial charge in [-0.25, -0.2) is 0 Å². The topological polar surface area (TPSA) is 29.1 Å². The molecule has 1 aliphatic rings. The molecule has 0 bridgehead atoms. The Morgan fingerprint density at radius 3 is 3.12 bits per heavy atom. The summed E-state index contributed by atoms with van der Waals surface area (Å²) < 4.78 is 1.13. The van der Waals surface area contributed by atoms with Gasteiger partial charge in [-0.3, -0.25) is 4.79 Å². The first kappa shape index (κ1) is 10.00. The zero-order valence-corrected chi connectivity index (χ0v) is 9.72. The molecule has 1 fully saturated rings. The molecule has 0 amide bonds. The van der Waals surface area contributed by atoms with E-state index in [2.05, 4.69) is 17.4 Å².